The summed E-state index contributed by atoms with van der Waals surface area (Å²) in [5.41, 5.74) is 3.47. The van der Waals surface area contributed by atoms with Crippen molar-refractivity contribution in [1.82, 2.24) is 9.97 Å². The quantitative estimate of drug-likeness (QED) is 0.730. The minimum atomic E-state index is -0.233. The van der Waals surface area contributed by atoms with Gasteiger partial charge in [0.15, 0.2) is 0 Å². The van der Waals surface area contributed by atoms with Crippen molar-refractivity contribution in [2.45, 2.75) is 53.4 Å². The Bertz CT molecular complexity index is 710. The largest absolute Gasteiger partial charge is 0.369 e. The number of nitrogens with zero attached hydrogens (tertiary/aromatic N) is 2. The van der Waals surface area contributed by atoms with Crippen molar-refractivity contribution >= 4 is 17.4 Å². The molecule has 0 aliphatic carbocycles. The highest BCUT2D eigenvalue weighted by Crippen LogP contribution is 2.32. The molecular weight excluding hydrogens is 324 g/mol. The lowest BCUT2D eigenvalue weighted by Gasteiger charge is -2.20. The highest BCUT2D eigenvalue weighted by Gasteiger charge is 2.17. The van der Waals surface area contributed by atoms with Gasteiger partial charge in [-0.2, -0.15) is 0 Å². The van der Waals surface area contributed by atoms with Gasteiger partial charge < -0.3 is 10.6 Å². The van der Waals surface area contributed by atoms with Gasteiger partial charge in [-0.3, -0.25) is 4.79 Å². The Hall–Kier alpha value is -2.43. The number of rotatable bonds is 7. The molecule has 2 rings (SSSR count). The van der Waals surface area contributed by atoms with Crippen molar-refractivity contribution in [2.75, 3.05) is 17.2 Å². The molecule has 1 aromatic carbocycles. The van der Waals surface area contributed by atoms with Crippen LogP contribution in [0, 0.1) is 5.92 Å². The van der Waals surface area contributed by atoms with Crippen molar-refractivity contribution < 1.29 is 4.79 Å². The first kappa shape index (κ1) is 19.9. The second kappa shape index (κ2) is 8.79. The number of carbonyl (C=O) groups excluding carboxylic acids is 1. The molecule has 0 spiro atoms. The summed E-state index contributed by atoms with van der Waals surface area (Å²) in [6.45, 7) is 13.6. The third kappa shape index (κ3) is 5.04. The number of para-hydroxylation sites is 1. The lowest BCUT2D eigenvalue weighted by atomic mass is 9.92. The summed E-state index contributed by atoms with van der Waals surface area (Å²) in [5.74, 6) is 1.60. The van der Waals surface area contributed by atoms with Crippen LogP contribution in [0.5, 0.6) is 0 Å². The van der Waals surface area contributed by atoms with E-state index in [1.54, 1.807) is 6.20 Å². The van der Waals surface area contributed by atoms with E-state index in [1.807, 2.05) is 0 Å². The minimum Gasteiger partial charge on any atom is -0.369 e. The topological polar surface area (TPSA) is 66.9 Å². The van der Waals surface area contributed by atoms with Crippen molar-refractivity contribution in [3.8, 4) is 0 Å². The van der Waals surface area contributed by atoms with Crippen LogP contribution < -0.4 is 10.6 Å². The summed E-state index contributed by atoms with van der Waals surface area (Å²) in [6, 6.07) is 6.18. The molecule has 1 amide bonds. The van der Waals surface area contributed by atoms with Crippen LogP contribution in [-0.4, -0.2) is 22.4 Å². The second-order valence-electron chi connectivity index (χ2n) is 7.64. The highest BCUT2D eigenvalue weighted by atomic mass is 16.1. The standard InChI is InChI=1S/C21H30N4O/c1-13(2)10-23-19-12-22-18(11-24-19)21(26)25-20-16(14(3)4)8-7-9-17(20)15(5)6/h7-9,11-15H,10H2,1-6H3,(H,23,24)(H,25,26). The van der Waals surface area contributed by atoms with Gasteiger partial charge in [-0.15, -0.1) is 0 Å². The molecule has 2 aromatic rings. The zero-order valence-corrected chi connectivity index (χ0v) is 16.6. The predicted octanol–water partition coefficient (Wildman–Crippen LogP) is 5.04. The molecule has 0 saturated carbocycles. The fraction of sp³-hybridized carbons (Fsp3) is 0.476. The Morgan fingerprint density at radius 3 is 2.04 bits per heavy atom. The van der Waals surface area contributed by atoms with E-state index in [0.29, 0.717) is 29.3 Å². The Balaban J connectivity index is 2.22. The van der Waals surface area contributed by atoms with Crippen molar-refractivity contribution in [1.29, 1.82) is 0 Å². The van der Waals surface area contributed by atoms with Gasteiger partial charge in [0.05, 0.1) is 12.4 Å². The first-order valence-electron chi connectivity index (χ1n) is 9.29. The number of benzene rings is 1. The van der Waals surface area contributed by atoms with Gasteiger partial charge in [0.1, 0.15) is 11.5 Å². The number of amides is 1. The number of anilines is 2. The van der Waals surface area contributed by atoms with Crippen LogP contribution in [0.3, 0.4) is 0 Å². The van der Waals surface area contributed by atoms with Gasteiger partial charge in [-0.05, 0) is 28.9 Å². The average Bonchev–Trinajstić information content (AvgIpc) is 2.60. The molecular formula is C21H30N4O. The zero-order chi connectivity index (χ0) is 19.3. The molecule has 0 fully saturated rings. The van der Waals surface area contributed by atoms with E-state index in [1.165, 1.54) is 6.20 Å². The third-order valence-corrected chi connectivity index (χ3v) is 4.19. The molecule has 26 heavy (non-hydrogen) atoms. The summed E-state index contributed by atoms with van der Waals surface area (Å²) in [5, 5.41) is 6.27. The first-order chi connectivity index (χ1) is 12.3. The smallest absolute Gasteiger partial charge is 0.275 e. The number of nitrogens with one attached hydrogen (secondary N) is 2. The Labute approximate surface area is 156 Å². The molecule has 0 bridgehead atoms. The van der Waals surface area contributed by atoms with Crippen LogP contribution in [0.25, 0.3) is 0 Å². The minimum absolute atomic E-state index is 0.233. The molecule has 0 saturated heterocycles. The second-order valence-corrected chi connectivity index (χ2v) is 7.64. The summed E-state index contributed by atoms with van der Waals surface area (Å²) in [7, 11) is 0. The molecule has 0 atom stereocenters. The van der Waals surface area contributed by atoms with Crippen molar-refractivity contribution in [2.24, 2.45) is 5.92 Å². The summed E-state index contributed by atoms with van der Waals surface area (Å²) in [4.78, 5) is 21.3. The molecule has 2 N–H and O–H groups in total. The number of aromatic nitrogens is 2. The molecule has 1 heterocycles. The SMILES string of the molecule is CC(C)CNc1cnc(C(=O)Nc2c(C(C)C)cccc2C(C)C)cn1. The predicted molar refractivity (Wildman–Crippen MR) is 108 cm³/mol. The maximum atomic E-state index is 12.7. The molecule has 140 valence electrons. The summed E-state index contributed by atoms with van der Waals surface area (Å²) in [6.07, 6.45) is 3.13. The summed E-state index contributed by atoms with van der Waals surface area (Å²) >= 11 is 0. The number of hydrogen-bond donors (Lipinski definition) is 2. The van der Waals surface area contributed by atoms with Gasteiger partial charge >= 0.3 is 0 Å². The maximum absolute atomic E-state index is 12.7. The Morgan fingerprint density at radius 2 is 1.58 bits per heavy atom. The monoisotopic (exact) mass is 354 g/mol. The van der Waals surface area contributed by atoms with E-state index in [2.05, 4.69) is 80.3 Å². The van der Waals surface area contributed by atoms with Crippen LogP contribution in [0.1, 0.15) is 75.0 Å². The average molecular weight is 354 g/mol. The molecule has 5 nitrogen and oxygen atoms in total. The normalized spacial score (nSPS) is 11.3. The molecule has 1 aromatic heterocycles. The van der Waals surface area contributed by atoms with Crippen molar-refractivity contribution in [3.05, 3.63) is 47.4 Å². The van der Waals surface area contributed by atoms with E-state index in [9.17, 15) is 4.79 Å². The van der Waals surface area contributed by atoms with E-state index in [0.717, 1.165) is 23.4 Å². The van der Waals surface area contributed by atoms with Crippen LogP contribution in [0.4, 0.5) is 11.5 Å². The molecule has 0 radical (unpaired) electrons. The Kier molecular flexibility index (Phi) is 6.72. The van der Waals surface area contributed by atoms with E-state index in [4.69, 9.17) is 0 Å². The van der Waals surface area contributed by atoms with Gasteiger partial charge in [0.25, 0.3) is 5.91 Å². The van der Waals surface area contributed by atoms with E-state index >= 15 is 0 Å². The highest BCUT2D eigenvalue weighted by molar-refractivity contribution is 6.03. The number of carbonyl (C=O) groups is 1. The fourth-order valence-corrected chi connectivity index (χ4v) is 2.72. The number of hydrogen-bond acceptors (Lipinski definition) is 4. The Morgan fingerprint density at radius 1 is 0.962 bits per heavy atom. The van der Waals surface area contributed by atoms with E-state index < -0.39 is 0 Å². The van der Waals surface area contributed by atoms with Gasteiger partial charge in [-0.1, -0.05) is 59.7 Å². The van der Waals surface area contributed by atoms with Crippen LogP contribution >= 0.6 is 0 Å². The van der Waals surface area contributed by atoms with E-state index in [-0.39, 0.29) is 5.91 Å². The fourth-order valence-electron chi connectivity index (χ4n) is 2.72. The zero-order valence-electron chi connectivity index (χ0n) is 16.6. The van der Waals surface area contributed by atoms with Gasteiger partial charge in [0, 0.05) is 12.2 Å². The third-order valence-electron chi connectivity index (χ3n) is 4.19. The molecule has 0 aliphatic rings. The van der Waals surface area contributed by atoms with Crippen molar-refractivity contribution in [3.63, 3.8) is 0 Å². The lowest BCUT2D eigenvalue weighted by Crippen LogP contribution is -2.18. The summed E-state index contributed by atoms with van der Waals surface area (Å²) < 4.78 is 0. The van der Waals surface area contributed by atoms with Gasteiger partial charge in [0.2, 0.25) is 0 Å². The molecule has 5 heteroatoms. The molecule has 0 aliphatic heterocycles. The lowest BCUT2D eigenvalue weighted by molar-refractivity contribution is 0.102. The van der Waals surface area contributed by atoms with Crippen LogP contribution in [0.15, 0.2) is 30.6 Å². The van der Waals surface area contributed by atoms with Gasteiger partial charge in [-0.25, -0.2) is 9.97 Å². The maximum Gasteiger partial charge on any atom is 0.275 e. The van der Waals surface area contributed by atoms with Crippen LogP contribution in [-0.2, 0) is 0 Å². The van der Waals surface area contributed by atoms with Crippen LogP contribution in [0.2, 0.25) is 0 Å². The molecule has 0 unspecified atom stereocenters. The first-order valence-corrected chi connectivity index (χ1v) is 9.29.